The minimum absolute atomic E-state index is 0.368. The zero-order valence-corrected chi connectivity index (χ0v) is 15.6. The summed E-state index contributed by atoms with van der Waals surface area (Å²) >= 11 is 5.75. The maximum atomic E-state index is 11.5. The maximum absolute atomic E-state index is 11.5. The molecular formula is C14H23O7PS. The summed E-state index contributed by atoms with van der Waals surface area (Å²) in [5.41, 5.74) is 0. The van der Waals surface area contributed by atoms with E-state index >= 15 is 0 Å². The summed E-state index contributed by atoms with van der Waals surface area (Å²) in [5.74, 6) is -2.27. The molecule has 0 spiro atoms. The third-order valence-electron chi connectivity index (χ3n) is 3.64. The molecule has 1 fully saturated rings. The lowest BCUT2D eigenvalue weighted by molar-refractivity contribution is -0.184. The van der Waals surface area contributed by atoms with Crippen molar-refractivity contribution in [3.05, 3.63) is 0 Å². The summed E-state index contributed by atoms with van der Waals surface area (Å²) in [6.07, 6.45) is -1.33. The Hall–Kier alpha value is -0.980. The van der Waals surface area contributed by atoms with E-state index in [2.05, 4.69) is 0 Å². The Morgan fingerprint density at radius 1 is 1.00 bits per heavy atom. The van der Waals surface area contributed by atoms with Gasteiger partial charge >= 0.3 is 17.9 Å². The summed E-state index contributed by atoms with van der Waals surface area (Å²) in [7, 11) is 1.42. The van der Waals surface area contributed by atoms with Gasteiger partial charge in [-0.25, -0.2) is 0 Å². The van der Waals surface area contributed by atoms with Crippen LogP contribution in [-0.4, -0.2) is 61.5 Å². The summed E-state index contributed by atoms with van der Waals surface area (Å²) in [6, 6.07) is -2.28. The summed E-state index contributed by atoms with van der Waals surface area (Å²) in [6.45, 7) is 5.71. The molecule has 1 rings (SSSR count). The molecule has 0 bridgehead atoms. The number of carbonyl (C=O) groups excluding carboxylic acids is 3. The van der Waals surface area contributed by atoms with Gasteiger partial charge in [0.05, 0.1) is 0 Å². The topological polar surface area (TPSA) is 88.1 Å². The molecule has 0 radical (unpaired) electrons. The molecule has 1 saturated heterocycles. The largest absolute Gasteiger partial charge is 0.459 e. The lowest BCUT2D eigenvalue weighted by atomic mass is 10.1. The van der Waals surface area contributed by atoms with Crippen molar-refractivity contribution in [3.63, 3.8) is 0 Å². The highest BCUT2D eigenvalue weighted by Crippen LogP contribution is 2.58. The number of methoxy groups -OCH3 is 1. The fraction of sp³-hybridized carbons (Fsp3) is 0.786. The van der Waals surface area contributed by atoms with E-state index in [1.54, 1.807) is 0 Å². The van der Waals surface area contributed by atoms with Crippen molar-refractivity contribution in [2.45, 2.75) is 51.9 Å². The van der Waals surface area contributed by atoms with Crippen molar-refractivity contribution in [2.24, 2.45) is 0 Å². The predicted molar refractivity (Wildman–Crippen MR) is 87.2 cm³/mol. The van der Waals surface area contributed by atoms with Crippen LogP contribution in [0.5, 0.6) is 0 Å². The molecule has 1 aliphatic rings. The Kier molecular flexibility index (Phi) is 7.17. The first kappa shape index (κ1) is 20.1. The van der Waals surface area contributed by atoms with Gasteiger partial charge in [0.2, 0.25) is 0 Å². The van der Waals surface area contributed by atoms with Gasteiger partial charge in [-0.1, -0.05) is 18.7 Å². The summed E-state index contributed by atoms with van der Waals surface area (Å²) in [5, 5.41) is 0. The van der Waals surface area contributed by atoms with Crippen LogP contribution in [0.3, 0.4) is 0 Å². The van der Waals surface area contributed by atoms with E-state index < -0.39 is 48.1 Å². The second-order valence-corrected chi connectivity index (χ2v) is 11.0. The Morgan fingerprint density at radius 3 is 1.91 bits per heavy atom. The number of hydrogen-bond donors (Lipinski definition) is 0. The molecule has 0 aromatic rings. The second-order valence-electron chi connectivity index (χ2n) is 5.37. The maximum Gasteiger partial charge on any atom is 0.303 e. The third-order valence-corrected chi connectivity index (χ3v) is 8.86. The first-order valence-corrected chi connectivity index (χ1v) is 10.5. The molecule has 132 valence electrons. The minimum atomic E-state index is -2.28. The molecular weight excluding hydrogens is 343 g/mol. The predicted octanol–water partition coefficient (Wildman–Crippen LogP) is 1.27. The molecule has 1 heterocycles. The first-order valence-electron chi connectivity index (χ1n) is 7.26. The van der Waals surface area contributed by atoms with Gasteiger partial charge in [0.1, 0.15) is 12.2 Å². The number of ether oxygens (including phenoxy) is 4. The van der Waals surface area contributed by atoms with Crippen LogP contribution in [0, 0.1) is 0 Å². The van der Waals surface area contributed by atoms with E-state index in [0.717, 1.165) is 0 Å². The number of carbonyl (C=O) groups is 3. The van der Waals surface area contributed by atoms with Crippen LogP contribution >= 0.6 is 6.04 Å². The zero-order valence-electron chi connectivity index (χ0n) is 13.9. The lowest BCUT2D eigenvalue weighted by Crippen LogP contribution is -2.56. The average Bonchev–Trinajstić information content (AvgIpc) is 2.42. The molecule has 0 saturated carbocycles. The third kappa shape index (κ3) is 4.99. The number of esters is 3. The highest BCUT2D eigenvalue weighted by Gasteiger charge is 2.53. The Labute approximate surface area is 141 Å². The monoisotopic (exact) mass is 366 g/mol. The molecule has 9 heteroatoms. The normalized spacial score (nSPS) is 33.6. The van der Waals surface area contributed by atoms with Gasteiger partial charge in [0, 0.05) is 40.1 Å². The smallest absolute Gasteiger partial charge is 0.303 e. The Morgan fingerprint density at radius 2 is 1.52 bits per heavy atom. The molecule has 0 N–H and O–H groups in total. The van der Waals surface area contributed by atoms with Gasteiger partial charge < -0.3 is 18.9 Å². The number of rotatable bonds is 5. The van der Waals surface area contributed by atoms with Crippen molar-refractivity contribution in [1.82, 2.24) is 0 Å². The standard InChI is InChI=1S/C14H23O7PS/c1-6-22(23)7-11(19-8(2)15)12(18-5)13(20-9(3)16)14(22)21-10(4)17/h11-14H,6-7H2,1-5H3/t11-,12+,13-,14-,22-/m1/s1. The van der Waals surface area contributed by atoms with Crippen molar-refractivity contribution in [2.75, 3.05) is 19.4 Å². The van der Waals surface area contributed by atoms with E-state index in [-0.39, 0.29) is 0 Å². The molecule has 0 aromatic heterocycles. The lowest BCUT2D eigenvalue weighted by Gasteiger charge is -2.45. The van der Waals surface area contributed by atoms with Crippen LogP contribution < -0.4 is 0 Å². The molecule has 0 unspecified atom stereocenters. The first-order chi connectivity index (χ1) is 10.6. The fourth-order valence-electron chi connectivity index (χ4n) is 2.72. The highest BCUT2D eigenvalue weighted by atomic mass is 32.4. The van der Waals surface area contributed by atoms with E-state index in [1.807, 2.05) is 6.92 Å². The molecule has 5 atom stereocenters. The SMILES string of the molecule is CC[P@@]1(=S)C[C@@H](OC(C)=O)[C@H](OC)[C@@H](OC(C)=O)[C@@H]1OC(C)=O. The minimum Gasteiger partial charge on any atom is -0.459 e. The second kappa shape index (κ2) is 8.22. The van der Waals surface area contributed by atoms with E-state index in [9.17, 15) is 14.4 Å². The van der Waals surface area contributed by atoms with Gasteiger partial charge in [0.25, 0.3) is 0 Å². The van der Waals surface area contributed by atoms with Crippen LogP contribution in [0.1, 0.15) is 27.7 Å². The van der Waals surface area contributed by atoms with E-state index in [4.69, 9.17) is 30.8 Å². The molecule has 7 nitrogen and oxygen atoms in total. The summed E-state index contributed by atoms with van der Waals surface area (Å²) < 4.78 is 21.5. The van der Waals surface area contributed by atoms with Crippen molar-refractivity contribution >= 4 is 35.8 Å². The van der Waals surface area contributed by atoms with Gasteiger partial charge in [0.15, 0.2) is 11.9 Å². The van der Waals surface area contributed by atoms with Gasteiger partial charge in [-0.05, 0) is 6.16 Å². The molecule has 0 amide bonds. The van der Waals surface area contributed by atoms with Crippen LogP contribution in [0.2, 0.25) is 0 Å². The summed E-state index contributed by atoms with van der Waals surface area (Å²) in [4.78, 5) is 34.3. The quantitative estimate of drug-likeness (QED) is 0.408. The van der Waals surface area contributed by atoms with Crippen LogP contribution in [0.25, 0.3) is 0 Å². The van der Waals surface area contributed by atoms with Crippen molar-refractivity contribution < 1.29 is 33.3 Å². The Bertz CT molecular complexity index is 521. The van der Waals surface area contributed by atoms with Crippen LogP contribution in [-0.2, 0) is 45.1 Å². The van der Waals surface area contributed by atoms with Gasteiger partial charge in [-0.15, -0.1) is 0 Å². The highest BCUT2D eigenvalue weighted by molar-refractivity contribution is 8.15. The van der Waals surface area contributed by atoms with Crippen molar-refractivity contribution in [1.29, 1.82) is 0 Å². The van der Waals surface area contributed by atoms with Gasteiger partial charge in [-0.3, -0.25) is 14.4 Å². The van der Waals surface area contributed by atoms with E-state index in [0.29, 0.717) is 12.3 Å². The van der Waals surface area contributed by atoms with E-state index in [1.165, 1.54) is 27.9 Å². The molecule has 0 aliphatic carbocycles. The van der Waals surface area contributed by atoms with Crippen LogP contribution in [0.15, 0.2) is 0 Å². The van der Waals surface area contributed by atoms with Gasteiger partial charge in [-0.2, -0.15) is 0 Å². The van der Waals surface area contributed by atoms with Crippen LogP contribution in [0.4, 0.5) is 0 Å². The fourth-order valence-corrected chi connectivity index (χ4v) is 6.47. The molecule has 23 heavy (non-hydrogen) atoms. The molecule has 0 aromatic carbocycles. The zero-order chi connectivity index (χ0) is 17.8. The van der Waals surface area contributed by atoms with Crippen molar-refractivity contribution in [3.8, 4) is 0 Å². The number of hydrogen-bond acceptors (Lipinski definition) is 8. The average molecular weight is 366 g/mol. The Balaban J connectivity index is 3.28. The molecule has 1 aliphatic heterocycles.